The third-order valence-corrected chi connectivity index (χ3v) is 3.72. The van der Waals surface area contributed by atoms with E-state index in [1.165, 1.54) is 0 Å². The fourth-order valence-electron chi connectivity index (χ4n) is 2.69. The van der Waals surface area contributed by atoms with Crippen LogP contribution in [0.1, 0.15) is 36.9 Å². The second kappa shape index (κ2) is 6.20. The van der Waals surface area contributed by atoms with Crippen molar-refractivity contribution in [3.05, 3.63) is 70.8 Å². The number of hydrogen-bond donors (Lipinski definition) is 1. The zero-order chi connectivity index (χ0) is 20.5. The van der Waals surface area contributed by atoms with Crippen molar-refractivity contribution >= 4 is 17.7 Å². The number of rotatable bonds is 3. The van der Waals surface area contributed by atoms with Gasteiger partial charge in [0.05, 0.1) is 0 Å². The van der Waals surface area contributed by atoms with Crippen molar-refractivity contribution in [1.82, 2.24) is 4.90 Å². The molecule has 2 aromatic rings. The molecular formula is C20H21NO. The standard InChI is InChI=1S/C20H21NO/c1-21(2)13-5-8-19-18-7-4-3-6-15(18)9-10-16-11-12-17(22)14-20(16)19/h3-4,6-12,14,22H,5,13H2,1-2H3/b19-8+/i1D3,2D3. The van der Waals surface area contributed by atoms with Crippen LogP contribution < -0.4 is 0 Å². The van der Waals surface area contributed by atoms with Crippen LogP contribution in [0, 0.1) is 0 Å². The first kappa shape index (κ1) is 8.96. The molecule has 2 heteroatoms. The van der Waals surface area contributed by atoms with E-state index in [0.29, 0.717) is 4.90 Å². The molecule has 1 N–H and O–H groups in total. The Balaban J connectivity index is 2.01. The highest BCUT2D eigenvalue weighted by atomic mass is 16.3. The molecular weight excluding hydrogens is 270 g/mol. The molecule has 0 unspecified atom stereocenters. The Kier molecular flexibility index (Phi) is 2.53. The maximum atomic E-state index is 9.96. The number of hydrogen-bond acceptors (Lipinski definition) is 2. The quantitative estimate of drug-likeness (QED) is 0.781. The van der Waals surface area contributed by atoms with Gasteiger partial charge in [0.15, 0.2) is 0 Å². The van der Waals surface area contributed by atoms with Gasteiger partial charge in [-0.05, 0) is 60.3 Å². The van der Waals surface area contributed by atoms with E-state index in [1.54, 1.807) is 12.1 Å². The zero-order valence-corrected chi connectivity index (χ0v) is 12.1. The Labute approximate surface area is 140 Å². The first-order valence-electron chi connectivity index (χ1n) is 10.2. The minimum atomic E-state index is -2.71. The third kappa shape index (κ3) is 2.97. The van der Waals surface area contributed by atoms with Gasteiger partial charge in [0.2, 0.25) is 0 Å². The van der Waals surface area contributed by atoms with Crippen LogP contribution in [-0.2, 0) is 0 Å². The molecule has 0 saturated heterocycles. The topological polar surface area (TPSA) is 23.5 Å². The summed E-state index contributed by atoms with van der Waals surface area (Å²) in [7, 11) is 0. The molecule has 0 atom stereocenters. The van der Waals surface area contributed by atoms with Crippen LogP contribution >= 0.6 is 0 Å². The van der Waals surface area contributed by atoms with Gasteiger partial charge in [-0.15, -0.1) is 0 Å². The maximum absolute atomic E-state index is 9.96. The average molecular weight is 297 g/mol. The van der Waals surface area contributed by atoms with E-state index in [2.05, 4.69) is 0 Å². The fourth-order valence-corrected chi connectivity index (χ4v) is 2.69. The molecule has 112 valence electrons. The molecule has 0 fully saturated rings. The molecule has 3 rings (SSSR count). The van der Waals surface area contributed by atoms with E-state index in [4.69, 9.17) is 8.22 Å². The van der Waals surface area contributed by atoms with Gasteiger partial charge in [0.25, 0.3) is 0 Å². The van der Waals surface area contributed by atoms with Gasteiger partial charge in [-0.2, -0.15) is 0 Å². The molecule has 0 spiro atoms. The molecule has 0 bridgehead atoms. The predicted molar refractivity (Wildman–Crippen MR) is 93.7 cm³/mol. The Morgan fingerprint density at radius 3 is 2.64 bits per heavy atom. The first-order valence-corrected chi connectivity index (χ1v) is 7.16. The second-order valence-corrected chi connectivity index (χ2v) is 5.25. The van der Waals surface area contributed by atoms with E-state index in [-0.39, 0.29) is 18.7 Å². The minimum Gasteiger partial charge on any atom is -0.508 e. The van der Waals surface area contributed by atoms with E-state index in [9.17, 15) is 5.11 Å². The largest absolute Gasteiger partial charge is 0.508 e. The summed E-state index contributed by atoms with van der Waals surface area (Å²) in [6.45, 7) is -5.55. The number of fused-ring (bicyclic) bond motifs is 2. The van der Waals surface area contributed by atoms with Crippen LogP contribution in [0.3, 0.4) is 0 Å². The third-order valence-electron chi connectivity index (χ3n) is 3.72. The van der Waals surface area contributed by atoms with E-state index < -0.39 is 14.0 Å². The molecule has 0 aromatic heterocycles. The van der Waals surface area contributed by atoms with Crippen LogP contribution in [0.15, 0.2) is 48.5 Å². The molecule has 0 aliphatic heterocycles. The summed E-state index contributed by atoms with van der Waals surface area (Å²) in [5.41, 5.74) is 4.51. The SMILES string of the molecule is [2H]C([2H])([2H])N(CC/C=C1\c2ccccc2C=Cc2ccc(O)cc21)C([2H])([2H])[2H]. The van der Waals surface area contributed by atoms with Crippen molar-refractivity contribution < 1.29 is 13.3 Å². The lowest BCUT2D eigenvalue weighted by Gasteiger charge is -2.13. The van der Waals surface area contributed by atoms with Gasteiger partial charge in [0, 0.05) is 14.8 Å². The highest BCUT2D eigenvalue weighted by Crippen LogP contribution is 2.35. The summed E-state index contributed by atoms with van der Waals surface area (Å²) in [5.74, 6) is 0.129. The van der Waals surface area contributed by atoms with Gasteiger partial charge in [-0.1, -0.05) is 48.6 Å². The molecule has 1 aliphatic carbocycles. The van der Waals surface area contributed by atoms with E-state index in [0.717, 1.165) is 27.8 Å². The highest BCUT2D eigenvalue weighted by Gasteiger charge is 2.15. The van der Waals surface area contributed by atoms with Crippen LogP contribution in [0.4, 0.5) is 0 Å². The lowest BCUT2D eigenvalue weighted by Crippen LogP contribution is -2.12. The lowest BCUT2D eigenvalue weighted by molar-refractivity contribution is 0.417. The number of benzene rings is 2. The van der Waals surface area contributed by atoms with E-state index >= 15 is 0 Å². The van der Waals surface area contributed by atoms with Gasteiger partial charge in [-0.3, -0.25) is 0 Å². The summed E-state index contributed by atoms with van der Waals surface area (Å²) in [6.07, 6.45) is 6.03. The number of nitrogens with zero attached hydrogens (tertiary/aromatic N) is 1. The van der Waals surface area contributed by atoms with Gasteiger partial charge < -0.3 is 10.0 Å². The molecule has 0 heterocycles. The van der Waals surface area contributed by atoms with Crippen molar-refractivity contribution in [2.24, 2.45) is 0 Å². The van der Waals surface area contributed by atoms with Crippen LogP contribution in [0.2, 0.25) is 0 Å². The molecule has 22 heavy (non-hydrogen) atoms. The number of phenolic OH excluding ortho intramolecular Hbond substituents is 1. The van der Waals surface area contributed by atoms with E-state index in [1.807, 2.05) is 48.6 Å². The monoisotopic (exact) mass is 297 g/mol. The van der Waals surface area contributed by atoms with Crippen LogP contribution in [0.5, 0.6) is 5.75 Å². The van der Waals surface area contributed by atoms with Gasteiger partial charge >= 0.3 is 0 Å². The Hall–Kier alpha value is -2.32. The van der Waals surface area contributed by atoms with Gasteiger partial charge in [-0.25, -0.2) is 0 Å². The molecule has 0 radical (unpaired) electrons. The highest BCUT2D eigenvalue weighted by molar-refractivity contribution is 5.94. The van der Waals surface area contributed by atoms with Crippen LogP contribution in [0.25, 0.3) is 17.7 Å². The summed E-state index contributed by atoms with van der Waals surface area (Å²) in [6, 6.07) is 12.9. The predicted octanol–water partition coefficient (Wildman–Crippen LogP) is 4.26. The Morgan fingerprint density at radius 1 is 1.05 bits per heavy atom. The first-order chi connectivity index (χ1) is 13.1. The normalized spacial score (nSPS) is 20.0. The summed E-state index contributed by atoms with van der Waals surface area (Å²) in [4.78, 5) is 0.557. The number of aromatic hydroxyl groups is 1. The maximum Gasteiger partial charge on any atom is 0.116 e. The van der Waals surface area contributed by atoms with Gasteiger partial charge in [0.1, 0.15) is 5.75 Å². The summed E-state index contributed by atoms with van der Waals surface area (Å²) < 4.78 is 45.0. The number of phenols is 1. The Morgan fingerprint density at radius 2 is 1.82 bits per heavy atom. The summed E-state index contributed by atoms with van der Waals surface area (Å²) in [5, 5.41) is 9.96. The van der Waals surface area contributed by atoms with Crippen molar-refractivity contribution in [1.29, 1.82) is 0 Å². The van der Waals surface area contributed by atoms with Crippen molar-refractivity contribution in [2.75, 3.05) is 20.5 Å². The molecule has 2 aromatic carbocycles. The van der Waals surface area contributed by atoms with Crippen molar-refractivity contribution in [3.8, 4) is 5.75 Å². The average Bonchev–Trinajstić information content (AvgIpc) is 2.73. The molecule has 1 aliphatic rings. The summed E-state index contributed by atoms with van der Waals surface area (Å²) >= 11 is 0. The van der Waals surface area contributed by atoms with Crippen molar-refractivity contribution in [3.63, 3.8) is 0 Å². The second-order valence-electron chi connectivity index (χ2n) is 5.25. The zero-order valence-electron chi connectivity index (χ0n) is 18.1. The Bertz CT molecular complexity index is 913. The molecule has 0 saturated carbocycles. The minimum absolute atomic E-state index is 0.129. The lowest BCUT2D eigenvalue weighted by atomic mass is 9.92. The smallest absolute Gasteiger partial charge is 0.116 e. The molecule has 0 amide bonds. The molecule has 2 nitrogen and oxygen atoms in total. The van der Waals surface area contributed by atoms with Crippen molar-refractivity contribution in [2.45, 2.75) is 6.42 Å². The van der Waals surface area contributed by atoms with Crippen LogP contribution in [-0.4, -0.2) is 30.5 Å². The fraction of sp³-hybridized carbons (Fsp3) is 0.200.